The van der Waals surface area contributed by atoms with Crippen LogP contribution in [-0.2, 0) is 53.0 Å². The number of hydrogen-bond acceptors (Lipinski definition) is 13. The third-order valence-corrected chi connectivity index (χ3v) is 13.7. The highest BCUT2D eigenvalue weighted by Gasteiger charge is 2.44. The largest absolute Gasteiger partial charge is 0.497 e. The van der Waals surface area contributed by atoms with Crippen LogP contribution >= 0.6 is 0 Å². The minimum absolute atomic E-state index is 0.00231. The maximum atomic E-state index is 14.6. The number of carbonyl (C=O) groups excluding carboxylic acids is 5. The van der Waals surface area contributed by atoms with Crippen molar-refractivity contribution in [2.45, 2.75) is 102 Å². The molecular weight excluding hydrogens is 973 g/mol. The van der Waals surface area contributed by atoms with Crippen molar-refractivity contribution in [3.8, 4) is 28.5 Å². The highest BCUT2D eigenvalue weighted by Crippen LogP contribution is 2.35. The Kier molecular flexibility index (Phi) is 18.5. The first kappa shape index (κ1) is 54.8. The van der Waals surface area contributed by atoms with Crippen LogP contribution < -0.4 is 24.8 Å². The van der Waals surface area contributed by atoms with Gasteiger partial charge in [-0.25, -0.2) is 24.2 Å². The number of amides is 3. The molecule has 16 nitrogen and oxygen atoms in total. The van der Waals surface area contributed by atoms with Gasteiger partial charge in [-0.2, -0.15) is 0 Å². The van der Waals surface area contributed by atoms with Gasteiger partial charge in [-0.3, -0.25) is 9.69 Å². The Bertz CT molecular complexity index is 2900. The van der Waals surface area contributed by atoms with Crippen molar-refractivity contribution in [2.24, 2.45) is 0 Å². The molecule has 1 fully saturated rings. The first-order valence-corrected chi connectivity index (χ1v) is 28.7. The van der Waals surface area contributed by atoms with Gasteiger partial charge in [-0.1, -0.05) is 123 Å². The predicted molar refractivity (Wildman–Crippen MR) is 286 cm³/mol. The van der Waals surface area contributed by atoms with E-state index in [1.807, 2.05) is 97.1 Å². The molecule has 2 N–H and O–H groups in total. The molecule has 1 aliphatic rings. The second-order valence-electron chi connectivity index (χ2n) is 20.4. The molecule has 1 aromatic heterocycles. The Balaban J connectivity index is 1.10. The lowest BCUT2D eigenvalue weighted by Crippen LogP contribution is -2.53. The number of nitrogens with zero attached hydrogens (tertiary/aromatic N) is 2. The van der Waals surface area contributed by atoms with E-state index in [2.05, 4.69) is 30.3 Å². The number of methoxy groups -OCH3 is 1. The van der Waals surface area contributed by atoms with E-state index in [9.17, 15) is 24.0 Å². The molecule has 1 aliphatic heterocycles. The average Bonchev–Trinajstić information content (AvgIpc) is 3.82. The van der Waals surface area contributed by atoms with Gasteiger partial charge < -0.3 is 43.8 Å². The number of hydrogen-bond donors (Lipinski definition) is 2. The molecule has 0 saturated carbocycles. The van der Waals surface area contributed by atoms with Crippen molar-refractivity contribution in [3.05, 3.63) is 156 Å². The summed E-state index contributed by atoms with van der Waals surface area (Å²) in [6.45, 7) is 11.4. The fraction of sp³-hybridized carbons (Fsp3) is 0.345. The van der Waals surface area contributed by atoms with Crippen LogP contribution in [0.25, 0.3) is 22.2 Å². The number of ether oxygens (including phenoxy) is 7. The summed E-state index contributed by atoms with van der Waals surface area (Å²) in [7, 11) is 0.0315. The summed E-state index contributed by atoms with van der Waals surface area (Å²) in [4.78, 5) is 75.4. The summed E-state index contributed by atoms with van der Waals surface area (Å²) in [5.74, 6) is -0.684. The lowest BCUT2D eigenvalue weighted by atomic mass is 10.1. The van der Waals surface area contributed by atoms with E-state index in [4.69, 9.17) is 38.1 Å². The van der Waals surface area contributed by atoms with Crippen molar-refractivity contribution < 1.29 is 57.1 Å². The van der Waals surface area contributed by atoms with Crippen molar-refractivity contribution >= 4 is 49.0 Å². The minimum Gasteiger partial charge on any atom is -0.497 e. The van der Waals surface area contributed by atoms with E-state index >= 15 is 0 Å². The number of esters is 2. The van der Waals surface area contributed by atoms with Crippen LogP contribution in [0.4, 0.5) is 9.59 Å². The third-order valence-electron chi connectivity index (χ3n) is 12.0. The fourth-order valence-electron chi connectivity index (χ4n) is 8.09. The molecular formula is C58H66N4O12Si. The van der Waals surface area contributed by atoms with E-state index in [-0.39, 0.29) is 45.8 Å². The van der Waals surface area contributed by atoms with Crippen molar-refractivity contribution in [1.82, 2.24) is 20.5 Å². The van der Waals surface area contributed by atoms with Crippen LogP contribution in [0.3, 0.4) is 0 Å². The number of nitrogens with one attached hydrogen (secondary N) is 2. The van der Waals surface area contributed by atoms with Crippen LogP contribution in [0, 0.1) is 0 Å². The van der Waals surface area contributed by atoms with E-state index in [0.717, 1.165) is 22.7 Å². The summed E-state index contributed by atoms with van der Waals surface area (Å²) >= 11 is 0. The first-order valence-electron chi connectivity index (χ1n) is 25.0. The molecule has 5 aromatic carbocycles. The number of aromatic nitrogens is 1. The van der Waals surface area contributed by atoms with Gasteiger partial charge in [0.25, 0.3) is 0 Å². The van der Waals surface area contributed by atoms with Gasteiger partial charge in [-0.05, 0) is 67.8 Å². The molecule has 6 aromatic rings. The number of likely N-dealkylation sites (tertiary alicyclic amines) is 1. The Hall–Kier alpha value is -7.92. The highest BCUT2D eigenvalue weighted by atomic mass is 28.3. The van der Waals surface area contributed by atoms with Crippen LogP contribution in [0.5, 0.6) is 17.2 Å². The van der Waals surface area contributed by atoms with E-state index in [0.29, 0.717) is 39.4 Å². The molecule has 7 rings (SSSR count). The smallest absolute Gasteiger partial charge is 0.411 e. The maximum absolute atomic E-state index is 14.6. The first-order chi connectivity index (χ1) is 35.9. The predicted octanol–water partition coefficient (Wildman–Crippen LogP) is 9.69. The summed E-state index contributed by atoms with van der Waals surface area (Å²) in [6, 6.07) is 39.1. The van der Waals surface area contributed by atoms with Crippen LogP contribution in [-0.4, -0.2) is 105 Å². The number of fused-ring (bicyclic) bond motifs is 1. The summed E-state index contributed by atoms with van der Waals surface area (Å²) < 4.78 is 41.1. The zero-order valence-electron chi connectivity index (χ0n) is 43.5. The van der Waals surface area contributed by atoms with E-state index < -0.39 is 67.9 Å². The Labute approximate surface area is 439 Å². The maximum Gasteiger partial charge on any atom is 0.411 e. The molecule has 3 amide bonds. The SMILES string of the molecule is COc1ccc2c(O[C@@H]3C[C@@H](C(=O)N[C@@H](COc4cccc(C[C@H](NC(=O)OCc5ccccc5)C(=O)OCC[Si](C)(C)C)c4)C(=O)OCc4ccccc4)N(C(=O)OC(C)(C)C)C3)cc(-c3ccccc3)nc2c1. The Morgan fingerprint density at radius 3 is 2.00 bits per heavy atom. The molecule has 0 spiro atoms. The number of rotatable bonds is 21. The average molecular weight is 1040 g/mol. The Morgan fingerprint density at radius 2 is 1.35 bits per heavy atom. The van der Waals surface area contributed by atoms with Crippen LogP contribution in [0.2, 0.25) is 25.7 Å². The monoisotopic (exact) mass is 1040 g/mol. The molecule has 394 valence electrons. The third kappa shape index (κ3) is 16.5. The second-order valence-corrected chi connectivity index (χ2v) is 26.1. The summed E-state index contributed by atoms with van der Waals surface area (Å²) in [5, 5.41) is 6.19. The van der Waals surface area contributed by atoms with Crippen molar-refractivity contribution in [2.75, 3.05) is 26.9 Å². The van der Waals surface area contributed by atoms with Gasteiger partial charge in [-0.15, -0.1) is 0 Å². The molecule has 0 unspecified atom stereocenters. The molecule has 0 bridgehead atoms. The summed E-state index contributed by atoms with van der Waals surface area (Å²) in [6.07, 6.45) is -2.17. The molecule has 1 saturated heterocycles. The lowest BCUT2D eigenvalue weighted by molar-refractivity contribution is -0.150. The van der Waals surface area contributed by atoms with Gasteiger partial charge in [0, 0.05) is 44.0 Å². The van der Waals surface area contributed by atoms with Gasteiger partial charge in [0.2, 0.25) is 5.91 Å². The van der Waals surface area contributed by atoms with Gasteiger partial charge in [0.1, 0.15) is 60.9 Å². The normalized spacial score (nSPS) is 15.2. The summed E-state index contributed by atoms with van der Waals surface area (Å²) in [5.41, 5.74) is 3.32. The molecule has 0 radical (unpaired) electrons. The van der Waals surface area contributed by atoms with Crippen molar-refractivity contribution in [1.29, 1.82) is 0 Å². The highest BCUT2D eigenvalue weighted by molar-refractivity contribution is 6.76. The molecule has 2 heterocycles. The van der Waals surface area contributed by atoms with Crippen molar-refractivity contribution in [3.63, 3.8) is 0 Å². The molecule has 75 heavy (non-hydrogen) atoms. The topological polar surface area (TPSA) is 190 Å². The van der Waals surface area contributed by atoms with E-state index in [1.54, 1.807) is 70.3 Å². The Morgan fingerprint density at radius 1 is 0.707 bits per heavy atom. The van der Waals surface area contributed by atoms with Gasteiger partial charge in [0.05, 0.1) is 31.5 Å². The number of pyridine rings is 1. The zero-order valence-corrected chi connectivity index (χ0v) is 44.5. The van der Waals surface area contributed by atoms with E-state index in [1.165, 1.54) is 4.90 Å². The minimum atomic E-state index is -1.55. The molecule has 4 atom stereocenters. The number of carbonyl (C=O) groups is 5. The van der Waals surface area contributed by atoms with Gasteiger partial charge >= 0.3 is 24.1 Å². The fourth-order valence-corrected chi connectivity index (χ4v) is 8.81. The molecule has 0 aliphatic carbocycles. The molecule has 17 heteroatoms. The number of benzene rings is 5. The lowest BCUT2D eigenvalue weighted by Gasteiger charge is -2.28. The number of alkyl carbamates (subject to hydrolysis) is 1. The van der Waals surface area contributed by atoms with Crippen LogP contribution in [0.1, 0.15) is 43.9 Å². The standard InChI is InChI=1S/C58H66N4O12Si/c1-58(2,3)74-57(67)62-35-45(73-52-34-47(42-23-15-10-16-24-42)59-48-32-43(68-4)26-27-46(48)52)33-51(62)53(63)60-50(55(65)71-36-39-18-11-8-12-19-39)38-70-44-25-17-22-41(30-44)31-49(54(64)69-28-29-75(5,6)7)61-56(66)72-37-40-20-13-9-14-21-40/h8-27,30,32,34,45,49-51H,28-29,31,33,35-38H2,1-7H3,(H,60,63)(H,61,66)/t45-,49+,50+,51+/m1/s1. The quantitative estimate of drug-likeness (QED) is 0.0394. The van der Waals surface area contributed by atoms with Gasteiger partial charge in [0.15, 0.2) is 6.04 Å². The zero-order chi connectivity index (χ0) is 53.5. The second kappa shape index (κ2) is 25.3. The van der Waals surface area contributed by atoms with Crippen LogP contribution in [0.15, 0.2) is 140 Å².